The first kappa shape index (κ1) is 16.5. The molecule has 1 aliphatic rings. The monoisotopic (exact) mass is 302 g/mol. The summed E-state index contributed by atoms with van der Waals surface area (Å²) in [7, 11) is 0. The van der Waals surface area contributed by atoms with Crippen molar-refractivity contribution in [1.29, 1.82) is 0 Å². The van der Waals surface area contributed by atoms with Gasteiger partial charge >= 0.3 is 0 Å². The number of anilines is 1. The highest BCUT2D eigenvalue weighted by molar-refractivity contribution is 5.93. The summed E-state index contributed by atoms with van der Waals surface area (Å²) in [4.78, 5) is 25.7. The van der Waals surface area contributed by atoms with Gasteiger partial charge in [-0.3, -0.25) is 9.59 Å². The van der Waals surface area contributed by atoms with E-state index in [1.165, 1.54) is 5.56 Å². The van der Waals surface area contributed by atoms with Crippen LogP contribution in [0, 0.1) is 5.92 Å². The predicted octanol–water partition coefficient (Wildman–Crippen LogP) is 3.40. The maximum atomic E-state index is 12.5. The lowest BCUT2D eigenvalue weighted by Crippen LogP contribution is -2.40. The molecule has 1 aliphatic heterocycles. The smallest absolute Gasteiger partial charge is 0.227 e. The maximum absolute atomic E-state index is 12.5. The molecule has 4 nitrogen and oxygen atoms in total. The highest BCUT2D eigenvalue weighted by Crippen LogP contribution is 2.28. The van der Waals surface area contributed by atoms with Crippen LogP contribution < -0.4 is 5.32 Å². The largest absolute Gasteiger partial charge is 0.343 e. The molecular formula is C18H26N2O2. The van der Waals surface area contributed by atoms with Crippen molar-refractivity contribution in [3.8, 4) is 0 Å². The number of amides is 2. The van der Waals surface area contributed by atoms with E-state index in [0.29, 0.717) is 19.0 Å². The van der Waals surface area contributed by atoms with Crippen LogP contribution in [-0.4, -0.2) is 29.8 Å². The molecule has 1 atom stereocenters. The van der Waals surface area contributed by atoms with E-state index in [-0.39, 0.29) is 17.7 Å². The molecule has 1 fully saturated rings. The first-order valence-corrected chi connectivity index (χ1v) is 8.18. The van der Waals surface area contributed by atoms with Crippen LogP contribution >= 0.6 is 0 Å². The Morgan fingerprint density at radius 3 is 2.50 bits per heavy atom. The zero-order chi connectivity index (χ0) is 16.1. The lowest BCUT2D eigenvalue weighted by Gasteiger charge is -2.30. The second-order valence-electron chi connectivity index (χ2n) is 6.17. The number of para-hydroxylation sites is 1. The first-order valence-electron chi connectivity index (χ1n) is 8.18. The molecule has 0 unspecified atom stereocenters. The number of likely N-dealkylation sites (tertiary alicyclic amines) is 1. The van der Waals surface area contributed by atoms with Crippen molar-refractivity contribution in [1.82, 2.24) is 4.90 Å². The van der Waals surface area contributed by atoms with E-state index in [0.717, 1.165) is 24.9 Å². The van der Waals surface area contributed by atoms with Crippen LogP contribution in [0.1, 0.15) is 51.5 Å². The van der Waals surface area contributed by atoms with E-state index in [2.05, 4.69) is 25.2 Å². The first-order chi connectivity index (χ1) is 10.5. The third-order valence-corrected chi connectivity index (χ3v) is 4.67. The average Bonchev–Trinajstić information content (AvgIpc) is 2.54. The third-order valence-electron chi connectivity index (χ3n) is 4.67. The average molecular weight is 302 g/mol. The molecule has 4 heteroatoms. The van der Waals surface area contributed by atoms with Gasteiger partial charge in [-0.15, -0.1) is 0 Å². The van der Waals surface area contributed by atoms with E-state index >= 15 is 0 Å². The summed E-state index contributed by atoms with van der Waals surface area (Å²) in [5.74, 6) is 0.608. The minimum Gasteiger partial charge on any atom is -0.343 e. The van der Waals surface area contributed by atoms with Gasteiger partial charge in [0.2, 0.25) is 11.8 Å². The van der Waals surface area contributed by atoms with E-state index in [4.69, 9.17) is 0 Å². The fraction of sp³-hybridized carbons (Fsp3) is 0.556. The minimum absolute atomic E-state index is 0.000545. The van der Waals surface area contributed by atoms with Crippen molar-refractivity contribution in [3.05, 3.63) is 29.8 Å². The van der Waals surface area contributed by atoms with Gasteiger partial charge in [-0.25, -0.2) is 0 Å². The van der Waals surface area contributed by atoms with E-state index < -0.39 is 0 Å². The van der Waals surface area contributed by atoms with Crippen LogP contribution in [0.15, 0.2) is 24.3 Å². The Morgan fingerprint density at radius 2 is 1.91 bits per heavy atom. The molecule has 120 valence electrons. The molecular weight excluding hydrogens is 276 g/mol. The Balaban J connectivity index is 2.00. The van der Waals surface area contributed by atoms with Crippen molar-refractivity contribution in [2.24, 2.45) is 5.92 Å². The second-order valence-corrected chi connectivity index (χ2v) is 6.17. The van der Waals surface area contributed by atoms with Crippen molar-refractivity contribution in [2.45, 2.75) is 46.0 Å². The van der Waals surface area contributed by atoms with Crippen molar-refractivity contribution in [3.63, 3.8) is 0 Å². The minimum atomic E-state index is 0.000545. The Bertz CT molecular complexity index is 534. The van der Waals surface area contributed by atoms with Gasteiger partial charge in [-0.1, -0.05) is 32.0 Å². The number of nitrogens with zero attached hydrogens (tertiary/aromatic N) is 1. The van der Waals surface area contributed by atoms with Crippen LogP contribution in [0.3, 0.4) is 0 Å². The van der Waals surface area contributed by atoms with Gasteiger partial charge in [0.25, 0.3) is 0 Å². The predicted molar refractivity (Wildman–Crippen MR) is 88.8 cm³/mol. The SMILES string of the molecule is CC[C@H](C)c1ccccc1NC(=O)C1CCN(C(C)=O)CC1. The highest BCUT2D eigenvalue weighted by atomic mass is 16.2. The van der Waals surface area contributed by atoms with Gasteiger partial charge in [0.15, 0.2) is 0 Å². The molecule has 2 rings (SSSR count). The molecule has 0 spiro atoms. The number of benzene rings is 1. The Labute approximate surface area is 132 Å². The normalized spacial score (nSPS) is 17.1. The summed E-state index contributed by atoms with van der Waals surface area (Å²) in [6.07, 6.45) is 2.54. The molecule has 0 radical (unpaired) electrons. The zero-order valence-electron chi connectivity index (χ0n) is 13.8. The Morgan fingerprint density at radius 1 is 1.27 bits per heavy atom. The van der Waals surface area contributed by atoms with Crippen molar-refractivity contribution < 1.29 is 9.59 Å². The van der Waals surface area contributed by atoms with E-state index in [9.17, 15) is 9.59 Å². The number of carbonyl (C=O) groups is 2. The van der Waals surface area contributed by atoms with Crippen LogP contribution in [0.5, 0.6) is 0 Å². The topological polar surface area (TPSA) is 49.4 Å². The maximum Gasteiger partial charge on any atom is 0.227 e. The molecule has 0 aromatic heterocycles. The molecule has 2 amide bonds. The molecule has 0 aliphatic carbocycles. The summed E-state index contributed by atoms with van der Waals surface area (Å²) >= 11 is 0. The van der Waals surface area contributed by atoms with Gasteiger partial charge < -0.3 is 10.2 Å². The van der Waals surface area contributed by atoms with Gasteiger partial charge in [-0.05, 0) is 36.8 Å². The molecule has 22 heavy (non-hydrogen) atoms. The number of rotatable bonds is 4. The van der Waals surface area contributed by atoms with Crippen molar-refractivity contribution >= 4 is 17.5 Å². The molecule has 0 bridgehead atoms. The second kappa shape index (κ2) is 7.43. The van der Waals surface area contributed by atoms with Crippen LogP contribution in [-0.2, 0) is 9.59 Å². The van der Waals surface area contributed by atoms with Crippen LogP contribution in [0.4, 0.5) is 5.69 Å². The third kappa shape index (κ3) is 3.87. The summed E-state index contributed by atoms with van der Waals surface area (Å²) < 4.78 is 0. The van der Waals surface area contributed by atoms with Gasteiger partial charge in [-0.2, -0.15) is 0 Å². The zero-order valence-corrected chi connectivity index (χ0v) is 13.8. The number of nitrogens with one attached hydrogen (secondary N) is 1. The quantitative estimate of drug-likeness (QED) is 0.926. The Kier molecular flexibility index (Phi) is 5.58. The molecule has 1 aromatic rings. The van der Waals surface area contributed by atoms with E-state index in [1.54, 1.807) is 6.92 Å². The molecule has 1 N–H and O–H groups in total. The van der Waals surface area contributed by atoms with Crippen molar-refractivity contribution in [2.75, 3.05) is 18.4 Å². The fourth-order valence-corrected chi connectivity index (χ4v) is 2.95. The van der Waals surface area contributed by atoms with Gasteiger partial charge in [0.05, 0.1) is 0 Å². The van der Waals surface area contributed by atoms with Gasteiger partial charge in [0.1, 0.15) is 0 Å². The standard InChI is InChI=1S/C18H26N2O2/c1-4-13(2)16-7-5-6-8-17(16)19-18(22)15-9-11-20(12-10-15)14(3)21/h5-8,13,15H,4,9-12H2,1-3H3,(H,19,22)/t13-/m0/s1. The fourth-order valence-electron chi connectivity index (χ4n) is 2.95. The lowest BCUT2D eigenvalue weighted by molar-refractivity contribution is -0.132. The number of hydrogen-bond donors (Lipinski definition) is 1. The summed E-state index contributed by atoms with van der Waals surface area (Å²) in [6.45, 7) is 7.28. The number of piperidine rings is 1. The van der Waals surface area contributed by atoms with Crippen LogP contribution in [0.25, 0.3) is 0 Å². The molecule has 1 saturated heterocycles. The summed E-state index contributed by atoms with van der Waals surface area (Å²) in [6, 6.07) is 8.04. The Hall–Kier alpha value is -1.84. The summed E-state index contributed by atoms with van der Waals surface area (Å²) in [5.41, 5.74) is 2.12. The number of carbonyl (C=O) groups excluding carboxylic acids is 2. The lowest BCUT2D eigenvalue weighted by atomic mass is 9.94. The summed E-state index contributed by atoms with van der Waals surface area (Å²) in [5, 5.41) is 3.10. The molecule has 0 saturated carbocycles. The van der Waals surface area contributed by atoms with E-state index in [1.807, 2.05) is 23.1 Å². The number of hydrogen-bond acceptors (Lipinski definition) is 2. The van der Waals surface area contributed by atoms with Crippen LogP contribution in [0.2, 0.25) is 0 Å². The van der Waals surface area contributed by atoms with Gasteiger partial charge in [0, 0.05) is 31.6 Å². The molecule has 1 aromatic carbocycles. The highest BCUT2D eigenvalue weighted by Gasteiger charge is 2.26. The molecule has 1 heterocycles.